The average Bonchev–Trinajstić information content (AvgIpc) is 2.95. The van der Waals surface area contributed by atoms with Gasteiger partial charge in [-0.1, -0.05) is 0 Å². The number of anilines is 1. The lowest BCUT2D eigenvalue weighted by molar-refractivity contribution is 0.111. The van der Waals surface area contributed by atoms with Gasteiger partial charge < -0.3 is 14.9 Å². The molecule has 0 saturated carbocycles. The van der Waals surface area contributed by atoms with Crippen molar-refractivity contribution in [1.82, 2.24) is 24.5 Å². The van der Waals surface area contributed by atoms with Crippen molar-refractivity contribution >= 4 is 23.8 Å². The third-order valence-electron chi connectivity index (χ3n) is 3.32. The van der Waals surface area contributed by atoms with Gasteiger partial charge in [0.25, 0.3) is 0 Å². The fraction of sp³-hybridized carbons (Fsp3) is 0.364. The number of fused-ring (bicyclic) bond motifs is 1. The van der Waals surface area contributed by atoms with E-state index in [2.05, 4.69) is 15.2 Å². The van der Waals surface area contributed by atoms with Crippen molar-refractivity contribution < 1.29 is 14.7 Å². The second-order valence-corrected chi connectivity index (χ2v) is 4.41. The van der Waals surface area contributed by atoms with Gasteiger partial charge in [0.05, 0.1) is 6.20 Å². The molecule has 0 bridgehead atoms. The van der Waals surface area contributed by atoms with Crippen LogP contribution in [0, 0.1) is 0 Å². The minimum atomic E-state index is -0.915. The molecule has 2 aromatic heterocycles. The van der Waals surface area contributed by atoms with Gasteiger partial charge in [-0.3, -0.25) is 9.20 Å². The predicted molar refractivity (Wildman–Crippen MR) is 68.0 cm³/mol. The van der Waals surface area contributed by atoms with Crippen LogP contribution in [0.1, 0.15) is 10.5 Å². The molecule has 0 radical (unpaired) electrons. The molecule has 0 spiro atoms. The first kappa shape index (κ1) is 12.3. The first-order valence-electron chi connectivity index (χ1n) is 6.07. The van der Waals surface area contributed by atoms with E-state index in [0.29, 0.717) is 49.6 Å². The fourth-order valence-electron chi connectivity index (χ4n) is 2.24. The van der Waals surface area contributed by atoms with E-state index in [1.807, 2.05) is 4.90 Å². The Morgan fingerprint density at radius 3 is 2.70 bits per heavy atom. The largest absolute Gasteiger partial charge is 0.465 e. The fourth-order valence-corrected chi connectivity index (χ4v) is 2.24. The zero-order chi connectivity index (χ0) is 14.1. The predicted octanol–water partition coefficient (Wildman–Crippen LogP) is -0.263. The van der Waals surface area contributed by atoms with Crippen LogP contribution in [-0.2, 0) is 0 Å². The summed E-state index contributed by atoms with van der Waals surface area (Å²) in [6.07, 6.45) is 2.69. The topological polar surface area (TPSA) is 104 Å². The van der Waals surface area contributed by atoms with Crippen molar-refractivity contribution in [3.05, 3.63) is 18.2 Å². The van der Waals surface area contributed by atoms with Crippen LogP contribution in [0.2, 0.25) is 0 Å². The molecule has 20 heavy (non-hydrogen) atoms. The molecule has 9 heteroatoms. The lowest BCUT2D eigenvalue weighted by Gasteiger charge is -2.33. The summed E-state index contributed by atoms with van der Waals surface area (Å²) in [5, 5.41) is 16.7. The normalized spacial score (nSPS) is 15.6. The molecule has 1 fully saturated rings. The molecule has 3 rings (SSSR count). The smallest absolute Gasteiger partial charge is 0.407 e. The van der Waals surface area contributed by atoms with E-state index in [4.69, 9.17) is 5.11 Å². The van der Waals surface area contributed by atoms with E-state index < -0.39 is 6.09 Å². The van der Waals surface area contributed by atoms with Gasteiger partial charge in [0.1, 0.15) is 12.0 Å². The molecule has 2 aromatic rings. The van der Waals surface area contributed by atoms with Crippen LogP contribution in [0.15, 0.2) is 12.5 Å². The number of hydrogen-bond donors (Lipinski definition) is 1. The van der Waals surface area contributed by atoms with Gasteiger partial charge in [-0.2, -0.15) is 0 Å². The van der Waals surface area contributed by atoms with Crippen molar-refractivity contribution in [3.63, 3.8) is 0 Å². The van der Waals surface area contributed by atoms with Gasteiger partial charge in [0.15, 0.2) is 12.1 Å². The van der Waals surface area contributed by atoms with Crippen LogP contribution in [0.3, 0.4) is 0 Å². The minimum absolute atomic E-state index is 0.373. The third-order valence-corrected chi connectivity index (χ3v) is 3.32. The van der Waals surface area contributed by atoms with Crippen LogP contribution in [0.4, 0.5) is 10.6 Å². The third kappa shape index (κ3) is 1.92. The van der Waals surface area contributed by atoms with E-state index in [1.165, 1.54) is 17.4 Å². The summed E-state index contributed by atoms with van der Waals surface area (Å²) in [5.74, 6) is 0.609. The number of rotatable bonds is 2. The van der Waals surface area contributed by atoms with Crippen molar-refractivity contribution in [2.45, 2.75) is 0 Å². The number of carbonyl (C=O) groups excluding carboxylic acids is 1. The van der Waals surface area contributed by atoms with Crippen LogP contribution < -0.4 is 4.90 Å². The molecule has 3 heterocycles. The minimum Gasteiger partial charge on any atom is -0.465 e. The maximum Gasteiger partial charge on any atom is 0.407 e. The summed E-state index contributed by atoms with van der Waals surface area (Å²) in [6, 6.07) is 0. The van der Waals surface area contributed by atoms with Crippen LogP contribution in [0.25, 0.3) is 5.65 Å². The molecule has 1 N–H and O–H groups in total. The highest BCUT2D eigenvalue weighted by molar-refractivity contribution is 5.76. The van der Waals surface area contributed by atoms with Crippen molar-refractivity contribution in [2.24, 2.45) is 0 Å². The molecule has 1 aliphatic heterocycles. The SMILES string of the molecule is O=Cc1cnc(N2CCN(C(=O)O)CC2)c2nncn12. The lowest BCUT2D eigenvalue weighted by atomic mass is 10.3. The van der Waals surface area contributed by atoms with Gasteiger partial charge in [-0.15, -0.1) is 10.2 Å². The molecular weight excluding hydrogens is 264 g/mol. The van der Waals surface area contributed by atoms with Gasteiger partial charge >= 0.3 is 6.09 Å². The average molecular weight is 276 g/mol. The number of hydrogen-bond acceptors (Lipinski definition) is 6. The molecule has 0 aromatic carbocycles. The van der Waals surface area contributed by atoms with Crippen molar-refractivity contribution in [1.29, 1.82) is 0 Å². The monoisotopic (exact) mass is 276 g/mol. The summed E-state index contributed by atoms with van der Waals surface area (Å²) in [4.78, 5) is 29.4. The van der Waals surface area contributed by atoms with E-state index in [-0.39, 0.29) is 0 Å². The Balaban J connectivity index is 1.90. The van der Waals surface area contributed by atoms with Gasteiger partial charge in [0.2, 0.25) is 5.65 Å². The summed E-state index contributed by atoms with van der Waals surface area (Å²) >= 11 is 0. The van der Waals surface area contributed by atoms with Crippen molar-refractivity contribution in [3.8, 4) is 0 Å². The molecule has 1 aliphatic rings. The van der Waals surface area contributed by atoms with E-state index in [9.17, 15) is 9.59 Å². The Morgan fingerprint density at radius 2 is 2.05 bits per heavy atom. The molecule has 1 saturated heterocycles. The molecule has 0 aliphatic carbocycles. The standard InChI is InChI=1S/C11H12N6O3/c18-6-8-5-12-9(10-14-13-7-17(8)10)15-1-3-16(4-2-15)11(19)20/h5-7H,1-4H2,(H,19,20). The number of nitrogens with zero attached hydrogens (tertiary/aromatic N) is 6. The van der Waals surface area contributed by atoms with E-state index >= 15 is 0 Å². The Morgan fingerprint density at radius 1 is 1.30 bits per heavy atom. The number of aromatic nitrogens is 4. The lowest BCUT2D eigenvalue weighted by Crippen LogP contribution is -2.48. The molecule has 0 unspecified atom stereocenters. The first-order chi connectivity index (χ1) is 9.70. The first-order valence-corrected chi connectivity index (χ1v) is 6.07. The Kier molecular flexibility index (Phi) is 2.93. The van der Waals surface area contributed by atoms with Gasteiger partial charge in [-0.05, 0) is 0 Å². The van der Waals surface area contributed by atoms with Crippen LogP contribution in [0.5, 0.6) is 0 Å². The number of aldehydes is 1. The quantitative estimate of drug-likeness (QED) is 0.753. The molecular formula is C11H12N6O3. The number of piperazine rings is 1. The molecule has 9 nitrogen and oxygen atoms in total. The van der Waals surface area contributed by atoms with Crippen LogP contribution in [-0.4, -0.2) is 68.1 Å². The molecule has 0 atom stereocenters. The zero-order valence-electron chi connectivity index (χ0n) is 10.5. The number of carboxylic acid groups (broad SMARTS) is 1. The highest BCUT2D eigenvalue weighted by atomic mass is 16.4. The number of amides is 1. The molecule has 104 valence electrons. The second kappa shape index (κ2) is 4.76. The highest BCUT2D eigenvalue weighted by Crippen LogP contribution is 2.19. The summed E-state index contributed by atoms with van der Waals surface area (Å²) in [5.41, 5.74) is 0.872. The molecule has 1 amide bonds. The van der Waals surface area contributed by atoms with Gasteiger partial charge in [0, 0.05) is 26.2 Å². The Bertz CT molecular complexity index is 661. The van der Waals surface area contributed by atoms with Gasteiger partial charge in [-0.25, -0.2) is 9.78 Å². The maximum absolute atomic E-state index is 10.9. The summed E-state index contributed by atoms with van der Waals surface area (Å²) < 4.78 is 1.57. The Hall–Kier alpha value is -2.71. The zero-order valence-corrected chi connectivity index (χ0v) is 10.5. The maximum atomic E-state index is 10.9. The van der Waals surface area contributed by atoms with Crippen LogP contribution >= 0.6 is 0 Å². The highest BCUT2D eigenvalue weighted by Gasteiger charge is 2.23. The summed E-state index contributed by atoms with van der Waals surface area (Å²) in [7, 11) is 0. The number of carbonyl (C=O) groups is 2. The van der Waals surface area contributed by atoms with E-state index in [1.54, 1.807) is 4.40 Å². The second-order valence-electron chi connectivity index (χ2n) is 4.41. The van der Waals surface area contributed by atoms with Crippen molar-refractivity contribution in [2.75, 3.05) is 31.1 Å². The Labute approximate surface area is 113 Å². The van der Waals surface area contributed by atoms with E-state index in [0.717, 1.165) is 0 Å². The summed E-state index contributed by atoms with van der Waals surface area (Å²) in [6.45, 7) is 1.88.